The van der Waals surface area contributed by atoms with E-state index in [1.165, 1.54) is 11.1 Å². The van der Waals surface area contributed by atoms with Crippen molar-refractivity contribution in [1.82, 2.24) is 0 Å². The van der Waals surface area contributed by atoms with Crippen molar-refractivity contribution in [2.24, 2.45) is 109 Å². The summed E-state index contributed by atoms with van der Waals surface area (Å²) in [4.78, 5) is 34.7. The molecule has 0 aromatic carbocycles. The van der Waals surface area contributed by atoms with Crippen molar-refractivity contribution in [3.63, 3.8) is 0 Å². The zero-order chi connectivity index (χ0) is 59.9. The van der Waals surface area contributed by atoms with Crippen LogP contribution in [0.2, 0.25) is 0 Å². The van der Waals surface area contributed by atoms with Gasteiger partial charge in [-0.25, -0.2) is 0 Å². The highest BCUT2D eigenvalue weighted by Gasteiger charge is 3.02. The molecule has 1 heterocycles. The third kappa shape index (κ3) is 6.91. The average molecular weight is 1040 g/mol. The standard InChI is InChI=1S/C69H128O5/c1-42-72-47(70)62(48(71)73-43-2)63(50(6,7)8,51(9,10)11)46-44-45(49(3,4)5)64(52(12,13)14,53(15,16)17)68(58(30,31)32,59(33,34)35)69(60(36,37)38,61(39,40)41)65(44,54(18,19)20)74-66(46,55(21,22)23)67(62,56(24,25)26)57(27,28)29/h45H,42-43H2,1-41H3. The summed E-state index contributed by atoms with van der Waals surface area (Å²) in [6.45, 7) is 101. The first-order valence-corrected chi connectivity index (χ1v) is 29.6. The number of esters is 2. The third-order valence-electron chi connectivity index (χ3n) is 21.2. The lowest BCUT2D eigenvalue weighted by molar-refractivity contribution is -0.450. The van der Waals surface area contributed by atoms with Crippen molar-refractivity contribution in [2.75, 3.05) is 13.2 Å². The van der Waals surface area contributed by atoms with Crippen LogP contribution in [-0.2, 0) is 23.8 Å². The molecule has 2 fully saturated rings. The first kappa shape index (κ1) is 66.9. The van der Waals surface area contributed by atoms with Gasteiger partial charge in [0.1, 0.15) is 11.2 Å². The number of fused-ring (bicyclic) bond motifs is 2. The van der Waals surface area contributed by atoms with E-state index in [2.05, 4.69) is 270 Å². The molecule has 0 aromatic heterocycles. The van der Waals surface area contributed by atoms with Crippen molar-refractivity contribution < 1.29 is 23.8 Å². The Kier molecular flexibility index (Phi) is 15.5. The van der Waals surface area contributed by atoms with Crippen molar-refractivity contribution in [1.29, 1.82) is 0 Å². The molecule has 5 nitrogen and oxygen atoms in total. The third-order valence-corrected chi connectivity index (χ3v) is 21.2. The van der Waals surface area contributed by atoms with E-state index in [1.54, 1.807) is 0 Å². The largest absolute Gasteiger partial charge is 0.465 e. The van der Waals surface area contributed by atoms with E-state index >= 15 is 9.59 Å². The number of carbonyl (C=O) groups excluding carboxylic acids is 2. The van der Waals surface area contributed by atoms with Crippen LogP contribution in [0, 0.1) is 109 Å². The predicted molar refractivity (Wildman–Crippen MR) is 318 cm³/mol. The van der Waals surface area contributed by atoms with Gasteiger partial charge in [-0.2, -0.15) is 0 Å². The van der Waals surface area contributed by atoms with Gasteiger partial charge < -0.3 is 14.2 Å². The summed E-state index contributed by atoms with van der Waals surface area (Å²) in [7, 11) is 0. The summed E-state index contributed by atoms with van der Waals surface area (Å²) in [5.74, 6) is -1.21. The molecule has 3 rings (SSSR count). The van der Waals surface area contributed by atoms with E-state index in [4.69, 9.17) is 9.47 Å². The van der Waals surface area contributed by atoms with Crippen LogP contribution >= 0.6 is 0 Å². The lowest BCUT2D eigenvalue weighted by atomic mass is 9.14. The highest BCUT2D eigenvalue weighted by Crippen LogP contribution is 2.99. The molecule has 0 N–H and O–H groups in total. The van der Waals surface area contributed by atoms with Crippen molar-refractivity contribution >= 4 is 11.9 Å². The van der Waals surface area contributed by atoms with E-state index in [-0.39, 0.29) is 19.1 Å². The van der Waals surface area contributed by atoms with Crippen molar-refractivity contribution in [3.8, 4) is 0 Å². The zero-order valence-corrected chi connectivity index (χ0v) is 57.5. The van der Waals surface area contributed by atoms with E-state index in [0.29, 0.717) is 0 Å². The molecule has 0 bridgehead atoms. The van der Waals surface area contributed by atoms with Crippen LogP contribution in [-0.4, -0.2) is 36.4 Å². The first-order valence-electron chi connectivity index (χ1n) is 29.6. The monoisotopic (exact) mass is 1040 g/mol. The topological polar surface area (TPSA) is 61.8 Å². The Morgan fingerprint density at radius 2 is 0.635 bits per heavy atom. The van der Waals surface area contributed by atoms with Crippen LogP contribution in [0.4, 0.5) is 0 Å². The van der Waals surface area contributed by atoms with Crippen LogP contribution < -0.4 is 0 Å². The SMILES string of the molecule is CCOC(=O)C1(C(=O)OCC)C(C(C)(C)C)(C(C)(C)C)C2=C3C(C(C)(C)C)C(C(C)(C)C)(C(C)(C)C)C(C(C)(C)C)(C(C)(C)C)C(C(C)(C)C)(C(C)(C)C)C3(C(C)(C)C)OC2(C(C)(C)C)C1(C(C)(C)C)C(C)(C)C. The smallest absolute Gasteiger partial charge is 0.325 e. The number of hydrogen-bond donors (Lipinski definition) is 0. The Morgan fingerprint density at radius 3 is 0.824 bits per heavy atom. The minimum absolute atomic E-state index is 0.106. The van der Waals surface area contributed by atoms with E-state index in [0.717, 1.165) is 0 Å². The molecule has 0 spiro atoms. The Labute approximate surface area is 462 Å². The lowest BCUT2D eigenvalue weighted by Gasteiger charge is -2.90. The van der Waals surface area contributed by atoms with Crippen molar-refractivity contribution in [2.45, 2.75) is 295 Å². The summed E-state index contributed by atoms with van der Waals surface area (Å²) >= 11 is 0. The highest BCUT2D eigenvalue weighted by atomic mass is 16.6. The molecule has 434 valence electrons. The van der Waals surface area contributed by atoms with E-state index < -0.39 is 126 Å². The summed E-state index contributed by atoms with van der Waals surface area (Å²) in [6, 6.07) is 0. The summed E-state index contributed by atoms with van der Waals surface area (Å²) in [6.07, 6.45) is 0. The molecule has 74 heavy (non-hydrogen) atoms. The molecule has 0 saturated heterocycles. The molecular formula is C69H128O5. The van der Waals surface area contributed by atoms with Gasteiger partial charge in [0.15, 0.2) is 5.41 Å². The average Bonchev–Trinajstić information content (AvgIpc) is 3.51. The van der Waals surface area contributed by atoms with Crippen LogP contribution in [0.15, 0.2) is 11.1 Å². The van der Waals surface area contributed by atoms with E-state index in [9.17, 15) is 4.74 Å². The summed E-state index contributed by atoms with van der Waals surface area (Å²) in [5, 5.41) is 0. The summed E-state index contributed by atoms with van der Waals surface area (Å²) in [5.41, 5.74) is -14.5. The molecular weight excluding hydrogens is 909 g/mol. The second-order valence-electron chi connectivity index (χ2n) is 38.1. The molecule has 2 aliphatic carbocycles. The van der Waals surface area contributed by atoms with Gasteiger partial charge in [0.2, 0.25) is 0 Å². The minimum atomic E-state index is -1.98. The molecule has 5 heteroatoms. The molecule has 0 amide bonds. The minimum Gasteiger partial charge on any atom is -0.465 e. The first-order chi connectivity index (χ1) is 31.8. The normalized spacial score (nSPS) is 26.9. The molecule has 3 atom stereocenters. The van der Waals surface area contributed by atoms with Gasteiger partial charge in [0.05, 0.1) is 13.2 Å². The number of ether oxygens (including phenoxy) is 3. The second-order valence-corrected chi connectivity index (χ2v) is 38.1. The Balaban J connectivity index is 3.96. The van der Waals surface area contributed by atoms with Gasteiger partial charge in [-0.3, -0.25) is 9.59 Å². The summed E-state index contributed by atoms with van der Waals surface area (Å²) < 4.78 is 23.7. The molecule has 2 saturated carbocycles. The fourth-order valence-corrected chi connectivity index (χ4v) is 24.4. The Bertz CT molecular complexity index is 2080. The number of carbonyl (C=O) groups is 2. The second kappa shape index (κ2) is 17.1. The maximum Gasteiger partial charge on any atom is 0.325 e. The number of hydrogen-bond acceptors (Lipinski definition) is 5. The van der Waals surface area contributed by atoms with Gasteiger partial charge in [-0.15, -0.1) is 0 Å². The van der Waals surface area contributed by atoms with Gasteiger partial charge in [0, 0.05) is 16.2 Å². The fourth-order valence-electron chi connectivity index (χ4n) is 24.4. The zero-order valence-electron chi connectivity index (χ0n) is 57.5. The van der Waals surface area contributed by atoms with Gasteiger partial charge >= 0.3 is 11.9 Å². The van der Waals surface area contributed by atoms with Crippen LogP contribution in [0.5, 0.6) is 0 Å². The molecule has 0 aromatic rings. The van der Waals surface area contributed by atoms with Gasteiger partial charge in [-0.1, -0.05) is 270 Å². The van der Waals surface area contributed by atoms with Crippen LogP contribution in [0.3, 0.4) is 0 Å². The van der Waals surface area contributed by atoms with Crippen LogP contribution in [0.25, 0.3) is 0 Å². The highest BCUT2D eigenvalue weighted by molar-refractivity contribution is 6.06. The fraction of sp³-hybridized carbons (Fsp3) is 0.942. The maximum atomic E-state index is 17.4. The Morgan fingerprint density at radius 1 is 0.365 bits per heavy atom. The van der Waals surface area contributed by atoms with Crippen LogP contribution in [0.1, 0.15) is 284 Å². The van der Waals surface area contributed by atoms with Gasteiger partial charge in [-0.05, 0) is 112 Å². The molecule has 1 aliphatic heterocycles. The van der Waals surface area contributed by atoms with E-state index in [1.807, 2.05) is 13.8 Å². The maximum absolute atomic E-state index is 17.4. The molecule has 3 unspecified atom stereocenters. The predicted octanol–water partition coefficient (Wildman–Crippen LogP) is 20.1. The Hall–Kier alpha value is -1.36. The molecule has 3 aliphatic rings. The molecule has 0 radical (unpaired) electrons. The van der Waals surface area contributed by atoms with Gasteiger partial charge in [0.25, 0.3) is 0 Å². The van der Waals surface area contributed by atoms with Crippen molar-refractivity contribution in [3.05, 3.63) is 11.1 Å². The quantitative estimate of drug-likeness (QED) is 0.160. The lowest BCUT2D eigenvalue weighted by Crippen LogP contribution is -2.90. The number of rotatable bonds is 4.